The molecule has 0 aliphatic heterocycles. The molecule has 0 aromatic heterocycles. The second-order valence-electron chi connectivity index (χ2n) is 7.44. The van der Waals surface area contributed by atoms with Gasteiger partial charge in [-0.15, -0.1) is 0 Å². The van der Waals surface area contributed by atoms with Gasteiger partial charge >= 0.3 is 0 Å². The van der Waals surface area contributed by atoms with Crippen molar-refractivity contribution in [3.63, 3.8) is 0 Å². The van der Waals surface area contributed by atoms with Gasteiger partial charge in [0.15, 0.2) is 0 Å². The van der Waals surface area contributed by atoms with Gasteiger partial charge in [-0.3, -0.25) is 0 Å². The quantitative estimate of drug-likeness (QED) is 0.649. The highest BCUT2D eigenvalue weighted by Gasteiger charge is 2.82. The summed E-state index contributed by atoms with van der Waals surface area (Å²) < 4.78 is 0. The highest BCUT2D eigenvalue weighted by atomic mass is 14.9. The van der Waals surface area contributed by atoms with E-state index in [1.165, 1.54) is 12.3 Å². The van der Waals surface area contributed by atoms with Gasteiger partial charge in [0.1, 0.15) is 0 Å². The first-order valence-electron chi connectivity index (χ1n) is 7.54. The van der Waals surface area contributed by atoms with E-state index in [1.54, 1.807) is 12.8 Å². The third-order valence-electron chi connectivity index (χ3n) is 6.66. The molecule has 0 saturated heterocycles. The predicted molar refractivity (Wildman–Crippen MR) is 69.1 cm³/mol. The molecule has 7 unspecified atom stereocenters. The van der Waals surface area contributed by atoms with Crippen molar-refractivity contribution >= 4 is 0 Å². The van der Waals surface area contributed by atoms with Gasteiger partial charge in [-0.25, -0.2) is 0 Å². The van der Waals surface area contributed by atoms with Crippen molar-refractivity contribution in [2.45, 2.75) is 53.9 Å². The SMILES string of the molecule is CCC(C(C)C)C12CC1C2C1CC(C)C1C. The molecule has 0 spiro atoms. The zero-order chi connectivity index (χ0) is 11.7. The van der Waals surface area contributed by atoms with E-state index in [-0.39, 0.29) is 0 Å². The lowest BCUT2D eigenvalue weighted by atomic mass is 9.61. The van der Waals surface area contributed by atoms with Crippen LogP contribution in [0.2, 0.25) is 0 Å². The first-order valence-corrected chi connectivity index (χ1v) is 7.54. The Kier molecular flexibility index (Phi) is 2.27. The van der Waals surface area contributed by atoms with Crippen LogP contribution in [0, 0.1) is 46.8 Å². The molecule has 3 rings (SSSR count). The molecule has 0 heteroatoms. The minimum absolute atomic E-state index is 0.863. The highest BCUT2D eigenvalue weighted by Crippen LogP contribution is 2.88. The van der Waals surface area contributed by atoms with E-state index in [2.05, 4.69) is 34.6 Å². The normalized spacial score (nSPS) is 55.5. The molecule has 0 aromatic carbocycles. The third-order valence-corrected chi connectivity index (χ3v) is 6.66. The molecular weight excluding hydrogens is 192 g/mol. The smallest absolute Gasteiger partial charge is 0.0199 e. The first kappa shape index (κ1) is 11.1. The highest BCUT2D eigenvalue weighted by molar-refractivity contribution is 5.30. The van der Waals surface area contributed by atoms with Gasteiger partial charge in [0.2, 0.25) is 0 Å². The van der Waals surface area contributed by atoms with Crippen LogP contribution in [0.25, 0.3) is 0 Å². The molecule has 0 amide bonds. The maximum atomic E-state index is 2.50. The van der Waals surface area contributed by atoms with Crippen molar-refractivity contribution in [2.75, 3.05) is 0 Å². The molecule has 3 fully saturated rings. The Bertz CT molecular complexity index is 292. The van der Waals surface area contributed by atoms with Crippen molar-refractivity contribution in [1.82, 2.24) is 0 Å². The van der Waals surface area contributed by atoms with Gasteiger partial charge in [-0.1, -0.05) is 41.0 Å². The van der Waals surface area contributed by atoms with E-state index in [4.69, 9.17) is 0 Å². The number of fused-ring (bicyclic) bond motifs is 1. The third kappa shape index (κ3) is 1.17. The van der Waals surface area contributed by atoms with Gasteiger partial charge in [0, 0.05) is 0 Å². The molecular formula is C16H28. The van der Waals surface area contributed by atoms with Crippen molar-refractivity contribution in [2.24, 2.45) is 46.8 Å². The van der Waals surface area contributed by atoms with Crippen LogP contribution < -0.4 is 0 Å². The summed E-state index contributed by atoms with van der Waals surface area (Å²) in [5.74, 6) is 7.42. The van der Waals surface area contributed by atoms with Crippen LogP contribution >= 0.6 is 0 Å². The summed E-state index contributed by atoms with van der Waals surface area (Å²) in [7, 11) is 0. The minimum atomic E-state index is 0.863. The van der Waals surface area contributed by atoms with Crippen LogP contribution in [0.3, 0.4) is 0 Å². The van der Waals surface area contributed by atoms with Crippen LogP contribution in [-0.4, -0.2) is 0 Å². The van der Waals surface area contributed by atoms with Gasteiger partial charge < -0.3 is 0 Å². The molecule has 3 aliphatic carbocycles. The summed E-state index contributed by atoms with van der Waals surface area (Å²) in [4.78, 5) is 0. The minimum Gasteiger partial charge on any atom is -0.0651 e. The molecule has 0 aromatic rings. The van der Waals surface area contributed by atoms with Crippen molar-refractivity contribution in [1.29, 1.82) is 0 Å². The fourth-order valence-corrected chi connectivity index (χ4v) is 5.40. The van der Waals surface area contributed by atoms with E-state index in [0.717, 1.165) is 40.9 Å². The van der Waals surface area contributed by atoms with E-state index < -0.39 is 0 Å². The molecule has 3 aliphatic rings. The van der Waals surface area contributed by atoms with Crippen molar-refractivity contribution in [3.8, 4) is 0 Å². The topological polar surface area (TPSA) is 0 Å². The fourth-order valence-electron chi connectivity index (χ4n) is 5.40. The summed E-state index contributed by atoms with van der Waals surface area (Å²) in [5, 5.41) is 0. The zero-order valence-electron chi connectivity index (χ0n) is 11.7. The van der Waals surface area contributed by atoms with E-state index in [9.17, 15) is 0 Å². The summed E-state index contributed by atoms with van der Waals surface area (Å²) in [5.41, 5.74) is 0.863. The Balaban J connectivity index is 1.67. The van der Waals surface area contributed by atoms with Crippen LogP contribution in [0.5, 0.6) is 0 Å². The summed E-state index contributed by atoms with van der Waals surface area (Å²) >= 11 is 0. The molecule has 92 valence electrons. The summed E-state index contributed by atoms with van der Waals surface area (Å²) in [6.45, 7) is 12.3. The van der Waals surface area contributed by atoms with Crippen LogP contribution in [0.1, 0.15) is 53.9 Å². The number of hydrogen-bond acceptors (Lipinski definition) is 0. The zero-order valence-corrected chi connectivity index (χ0v) is 11.7. The van der Waals surface area contributed by atoms with E-state index in [1.807, 2.05) is 0 Å². The van der Waals surface area contributed by atoms with Crippen LogP contribution in [-0.2, 0) is 0 Å². The molecule has 7 atom stereocenters. The molecule has 0 heterocycles. The Hall–Kier alpha value is 0. The molecule has 0 nitrogen and oxygen atoms in total. The lowest BCUT2D eigenvalue weighted by Gasteiger charge is -2.44. The van der Waals surface area contributed by atoms with Gasteiger partial charge in [-0.2, -0.15) is 0 Å². The van der Waals surface area contributed by atoms with Crippen molar-refractivity contribution in [3.05, 3.63) is 0 Å². The number of rotatable bonds is 4. The summed E-state index contributed by atoms with van der Waals surface area (Å²) in [6.07, 6.45) is 4.55. The van der Waals surface area contributed by atoms with Gasteiger partial charge in [0.25, 0.3) is 0 Å². The Morgan fingerprint density at radius 2 is 1.94 bits per heavy atom. The molecule has 16 heavy (non-hydrogen) atoms. The maximum Gasteiger partial charge on any atom is -0.0199 e. The van der Waals surface area contributed by atoms with Crippen LogP contribution in [0.4, 0.5) is 0 Å². The van der Waals surface area contributed by atoms with Gasteiger partial charge in [0.05, 0.1) is 0 Å². The largest absolute Gasteiger partial charge is 0.0651 e. The fraction of sp³-hybridized carbons (Fsp3) is 1.00. The second kappa shape index (κ2) is 3.27. The maximum absolute atomic E-state index is 2.50. The second-order valence-corrected chi connectivity index (χ2v) is 7.44. The Labute approximate surface area is 101 Å². The Morgan fingerprint density at radius 3 is 2.31 bits per heavy atom. The van der Waals surface area contributed by atoms with Gasteiger partial charge in [-0.05, 0) is 59.7 Å². The monoisotopic (exact) mass is 220 g/mol. The lowest BCUT2D eigenvalue weighted by molar-refractivity contribution is 0.0431. The van der Waals surface area contributed by atoms with Crippen molar-refractivity contribution < 1.29 is 0 Å². The summed E-state index contributed by atoms with van der Waals surface area (Å²) in [6, 6.07) is 0. The number of hydrogen-bond donors (Lipinski definition) is 0. The molecule has 3 saturated carbocycles. The van der Waals surface area contributed by atoms with Crippen LogP contribution in [0.15, 0.2) is 0 Å². The van der Waals surface area contributed by atoms with E-state index in [0.29, 0.717) is 0 Å². The standard InChI is InChI=1S/C16H28/c1-6-13(9(2)3)16-8-14(16)15(16)12-7-10(4)11(12)5/h9-15H,6-8H2,1-5H3. The van der Waals surface area contributed by atoms with E-state index >= 15 is 0 Å². The molecule has 0 bridgehead atoms. The first-order chi connectivity index (χ1) is 7.54. The molecule has 0 N–H and O–H groups in total. The lowest BCUT2D eigenvalue weighted by Crippen LogP contribution is -2.37. The Morgan fingerprint density at radius 1 is 1.25 bits per heavy atom. The molecule has 0 radical (unpaired) electrons. The average Bonchev–Trinajstić information content (AvgIpc) is 3.06. The average molecular weight is 220 g/mol. The predicted octanol–water partition coefficient (Wildman–Crippen LogP) is 4.60.